The van der Waals surface area contributed by atoms with E-state index < -0.39 is 0 Å². The number of nitrogens with one attached hydrogen (secondary N) is 2. The molecule has 0 aliphatic heterocycles. The van der Waals surface area contributed by atoms with E-state index in [4.69, 9.17) is 5.73 Å². The lowest BCUT2D eigenvalue weighted by Gasteiger charge is -2.02. The molecule has 0 unspecified atom stereocenters. The Labute approximate surface area is 132 Å². The van der Waals surface area contributed by atoms with Crippen molar-refractivity contribution in [3.05, 3.63) is 40.4 Å². The smallest absolute Gasteiger partial charge is 0.263 e. The number of amides is 2. The molecule has 7 heteroatoms. The van der Waals surface area contributed by atoms with Crippen LogP contribution in [0.1, 0.15) is 27.9 Å². The van der Waals surface area contributed by atoms with Gasteiger partial charge in [0.05, 0.1) is 5.69 Å². The van der Waals surface area contributed by atoms with Gasteiger partial charge in [-0.25, -0.2) is 4.98 Å². The van der Waals surface area contributed by atoms with E-state index in [2.05, 4.69) is 15.6 Å². The van der Waals surface area contributed by atoms with Gasteiger partial charge in [0.15, 0.2) is 5.13 Å². The fraction of sp³-hybridized carbons (Fsp3) is 0.267. The molecule has 1 aromatic heterocycles. The fourth-order valence-electron chi connectivity index (χ4n) is 1.96. The molecule has 2 rings (SSSR count). The molecule has 0 saturated carbocycles. The van der Waals surface area contributed by atoms with E-state index in [9.17, 15) is 9.59 Å². The minimum Gasteiger partial charge on any atom is -0.399 e. The van der Waals surface area contributed by atoms with Crippen molar-refractivity contribution in [3.63, 3.8) is 0 Å². The summed E-state index contributed by atoms with van der Waals surface area (Å²) in [6.45, 7) is 1.41. The molecule has 0 atom stereocenters. The Kier molecular flexibility index (Phi) is 5.11. The van der Waals surface area contributed by atoms with Gasteiger partial charge in [-0.05, 0) is 30.5 Å². The van der Waals surface area contributed by atoms with Crippen LogP contribution in [0, 0.1) is 0 Å². The van der Waals surface area contributed by atoms with Crippen LogP contribution < -0.4 is 16.4 Å². The minimum absolute atomic E-state index is 0.193. The molecule has 0 bridgehead atoms. The van der Waals surface area contributed by atoms with Crippen molar-refractivity contribution in [2.45, 2.75) is 19.8 Å². The van der Waals surface area contributed by atoms with Crippen LogP contribution >= 0.6 is 11.3 Å². The Morgan fingerprint density at radius 1 is 1.23 bits per heavy atom. The number of hydrogen-bond donors (Lipinski definition) is 3. The molecule has 0 fully saturated rings. The van der Waals surface area contributed by atoms with Crippen LogP contribution in [0.15, 0.2) is 24.3 Å². The topological polar surface area (TPSA) is 97.1 Å². The lowest BCUT2D eigenvalue weighted by atomic mass is 10.1. The maximum Gasteiger partial charge on any atom is 0.263 e. The van der Waals surface area contributed by atoms with Gasteiger partial charge >= 0.3 is 0 Å². The molecule has 1 heterocycles. The predicted molar refractivity (Wildman–Crippen MR) is 88.1 cm³/mol. The summed E-state index contributed by atoms with van der Waals surface area (Å²) in [6.07, 6.45) is 1.36. The molecule has 0 aliphatic rings. The second-order valence-corrected chi connectivity index (χ2v) is 5.80. The van der Waals surface area contributed by atoms with Crippen LogP contribution in [-0.2, 0) is 17.6 Å². The lowest BCUT2D eigenvalue weighted by molar-refractivity contribution is -0.114. The maximum atomic E-state index is 11.9. The Morgan fingerprint density at radius 3 is 2.50 bits per heavy atom. The lowest BCUT2D eigenvalue weighted by Crippen LogP contribution is -2.18. The van der Waals surface area contributed by atoms with Gasteiger partial charge in [-0.3, -0.25) is 9.59 Å². The first-order valence-electron chi connectivity index (χ1n) is 6.83. The monoisotopic (exact) mass is 318 g/mol. The number of nitrogens with zero attached hydrogens (tertiary/aromatic N) is 1. The van der Waals surface area contributed by atoms with Gasteiger partial charge in [0.25, 0.3) is 5.91 Å². The minimum atomic E-state index is -0.206. The molecule has 22 heavy (non-hydrogen) atoms. The third-order valence-electron chi connectivity index (χ3n) is 3.04. The summed E-state index contributed by atoms with van der Waals surface area (Å²) in [6, 6.07) is 7.60. The molecule has 0 spiro atoms. The number of benzene rings is 1. The van der Waals surface area contributed by atoms with E-state index in [0.29, 0.717) is 22.1 Å². The molecule has 0 aliphatic carbocycles. The maximum absolute atomic E-state index is 11.9. The molecule has 6 nitrogen and oxygen atoms in total. The van der Waals surface area contributed by atoms with Crippen molar-refractivity contribution >= 4 is 34.0 Å². The molecule has 0 saturated heterocycles. The van der Waals surface area contributed by atoms with Crippen molar-refractivity contribution in [3.8, 4) is 0 Å². The highest BCUT2D eigenvalue weighted by molar-refractivity contribution is 7.17. The number of thiazole rings is 1. The predicted octanol–water partition coefficient (Wildman–Crippen LogP) is 1.83. The second-order valence-electron chi connectivity index (χ2n) is 4.80. The zero-order valence-corrected chi connectivity index (χ0v) is 13.3. The molecule has 2 amide bonds. The number of anilines is 2. The normalized spacial score (nSPS) is 10.3. The Bertz CT molecular complexity index is 679. The molecule has 2 aromatic rings. The summed E-state index contributed by atoms with van der Waals surface area (Å²) >= 11 is 1.18. The molecular formula is C15H18N4O2S. The zero-order chi connectivity index (χ0) is 16.1. The summed E-state index contributed by atoms with van der Waals surface area (Å²) in [7, 11) is 1.57. The molecule has 0 radical (unpaired) electrons. The number of hydrogen-bond acceptors (Lipinski definition) is 5. The average molecular weight is 318 g/mol. The van der Waals surface area contributed by atoms with Crippen molar-refractivity contribution in [2.24, 2.45) is 0 Å². The van der Waals surface area contributed by atoms with Crippen molar-refractivity contribution in [2.75, 3.05) is 18.1 Å². The highest BCUT2D eigenvalue weighted by Crippen LogP contribution is 2.24. The number of carbonyl (C=O) groups excluding carboxylic acids is 2. The molecule has 1 aromatic carbocycles. The van der Waals surface area contributed by atoms with Gasteiger partial charge in [-0.2, -0.15) is 0 Å². The Balaban J connectivity index is 2.16. The number of carbonyl (C=O) groups is 2. The summed E-state index contributed by atoms with van der Waals surface area (Å²) in [5.41, 5.74) is 8.18. The van der Waals surface area contributed by atoms with Crippen LogP contribution in [0.5, 0.6) is 0 Å². The molecule has 116 valence electrons. The summed E-state index contributed by atoms with van der Waals surface area (Å²) in [5, 5.41) is 5.66. The molecule has 4 N–H and O–H groups in total. The Hall–Kier alpha value is -2.41. The van der Waals surface area contributed by atoms with Gasteiger partial charge in [-0.1, -0.05) is 23.5 Å². The first-order chi connectivity index (χ1) is 10.5. The van der Waals surface area contributed by atoms with E-state index >= 15 is 0 Å². The fourth-order valence-corrected chi connectivity index (χ4v) is 2.97. The zero-order valence-electron chi connectivity index (χ0n) is 12.5. The average Bonchev–Trinajstić information content (AvgIpc) is 2.88. The first kappa shape index (κ1) is 16.0. The van der Waals surface area contributed by atoms with Crippen LogP contribution in [0.4, 0.5) is 10.8 Å². The molecular weight excluding hydrogens is 300 g/mol. The van der Waals surface area contributed by atoms with E-state index in [1.807, 2.05) is 24.3 Å². The van der Waals surface area contributed by atoms with Crippen LogP contribution in [0.3, 0.4) is 0 Å². The van der Waals surface area contributed by atoms with Crippen molar-refractivity contribution < 1.29 is 9.59 Å². The largest absolute Gasteiger partial charge is 0.399 e. The highest BCUT2D eigenvalue weighted by atomic mass is 32.1. The third-order valence-corrected chi connectivity index (χ3v) is 4.06. The van der Waals surface area contributed by atoms with Crippen molar-refractivity contribution in [1.82, 2.24) is 10.3 Å². The van der Waals surface area contributed by atoms with Crippen LogP contribution in [0.25, 0.3) is 0 Å². The van der Waals surface area contributed by atoms with E-state index in [1.165, 1.54) is 18.3 Å². The van der Waals surface area contributed by atoms with E-state index in [1.54, 1.807) is 7.05 Å². The van der Waals surface area contributed by atoms with Crippen molar-refractivity contribution in [1.29, 1.82) is 0 Å². The second kappa shape index (κ2) is 7.04. The summed E-state index contributed by atoms with van der Waals surface area (Å²) in [4.78, 5) is 27.9. The van der Waals surface area contributed by atoms with Crippen LogP contribution in [-0.4, -0.2) is 23.8 Å². The number of aromatic nitrogens is 1. The van der Waals surface area contributed by atoms with Gasteiger partial charge in [0.2, 0.25) is 5.91 Å². The standard InChI is InChI=1S/C15H18N4O2S/c1-9(20)18-15-19-12(13(22-15)14(21)17-2)8-5-10-3-6-11(16)7-4-10/h3-4,6-7H,5,8,16H2,1-2H3,(H,17,21)(H,18,19,20). The van der Waals surface area contributed by atoms with Gasteiger partial charge in [-0.15, -0.1) is 0 Å². The SMILES string of the molecule is CNC(=O)c1sc(NC(C)=O)nc1CCc1ccc(N)cc1. The number of nitrogens with two attached hydrogens (primary N) is 1. The number of nitrogen functional groups attached to an aromatic ring is 1. The highest BCUT2D eigenvalue weighted by Gasteiger charge is 2.17. The third kappa shape index (κ3) is 4.05. The Morgan fingerprint density at radius 2 is 1.91 bits per heavy atom. The number of aryl methyl sites for hydroxylation is 2. The van der Waals surface area contributed by atoms with Gasteiger partial charge < -0.3 is 16.4 Å². The van der Waals surface area contributed by atoms with Gasteiger partial charge in [0, 0.05) is 19.7 Å². The first-order valence-corrected chi connectivity index (χ1v) is 7.65. The summed E-state index contributed by atoms with van der Waals surface area (Å²) in [5.74, 6) is -0.399. The number of rotatable bonds is 5. The quantitative estimate of drug-likeness (QED) is 0.733. The van der Waals surface area contributed by atoms with Crippen LogP contribution in [0.2, 0.25) is 0 Å². The van der Waals surface area contributed by atoms with Gasteiger partial charge in [0.1, 0.15) is 4.88 Å². The summed E-state index contributed by atoms with van der Waals surface area (Å²) < 4.78 is 0. The van der Waals surface area contributed by atoms with E-state index in [0.717, 1.165) is 17.7 Å². The van der Waals surface area contributed by atoms with E-state index in [-0.39, 0.29) is 11.8 Å².